The van der Waals surface area contributed by atoms with Crippen molar-refractivity contribution in [3.63, 3.8) is 0 Å². The molecule has 0 spiro atoms. The highest BCUT2D eigenvalue weighted by atomic mass is 32.2. The van der Waals surface area contributed by atoms with Crippen LogP contribution in [0.15, 0.2) is 29.2 Å². The number of hydrogen-bond acceptors (Lipinski definition) is 3. The Morgan fingerprint density at radius 3 is 2.67 bits per heavy atom. The van der Waals surface area contributed by atoms with Gasteiger partial charge in [-0.25, -0.2) is 13.1 Å². The molecule has 0 bridgehead atoms. The van der Waals surface area contributed by atoms with Crippen molar-refractivity contribution in [3.05, 3.63) is 29.8 Å². The van der Waals surface area contributed by atoms with Crippen LogP contribution in [0, 0.1) is 5.92 Å². The van der Waals surface area contributed by atoms with Gasteiger partial charge in [0.2, 0.25) is 10.0 Å². The molecule has 0 radical (unpaired) electrons. The maximum Gasteiger partial charge on any atom is 0.240 e. The summed E-state index contributed by atoms with van der Waals surface area (Å²) in [5.74, 6) is 0.698. The molecule has 0 amide bonds. The fourth-order valence-electron chi connectivity index (χ4n) is 2.90. The molecule has 0 aromatic heterocycles. The van der Waals surface area contributed by atoms with Gasteiger partial charge < -0.3 is 5.32 Å². The van der Waals surface area contributed by atoms with Gasteiger partial charge in [0.05, 0.1) is 4.90 Å². The highest BCUT2D eigenvalue weighted by Gasteiger charge is 2.18. The van der Waals surface area contributed by atoms with Crippen LogP contribution < -0.4 is 10.0 Å². The van der Waals surface area contributed by atoms with Gasteiger partial charge in [-0.15, -0.1) is 0 Å². The predicted octanol–water partition coefficient (Wildman–Crippen LogP) is 2.83. The van der Waals surface area contributed by atoms with Gasteiger partial charge in [0.1, 0.15) is 0 Å². The summed E-state index contributed by atoms with van der Waals surface area (Å²) in [7, 11) is -1.53. The van der Waals surface area contributed by atoms with Crippen molar-refractivity contribution >= 4 is 10.0 Å². The van der Waals surface area contributed by atoms with Gasteiger partial charge in [-0.3, -0.25) is 0 Å². The Balaban J connectivity index is 1.98. The van der Waals surface area contributed by atoms with Crippen LogP contribution in [0.2, 0.25) is 0 Å². The first-order chi connectivity index (χ1) is 10.0. The monoisotopic (exact) mass is 310 g/mol. The zero-order valence-corrected chi connectivity index (χ0v) is 13.7. The predicted molar refractivity (Wildman–Crippen MR) is 85.7 cm³/mol. The summed E-state index contributed by atoms with van der Waals surface area (Å²) in [6.45, 7) is 2.55. The molecule has 1 aliphatic carbocycles. The van der Waals surface area contributed by atoms with Crippen LogP contribution in [0.4, 0.5) is 0 Å². The van der Waals surface area contributed by atoms with Crippen molar-refractivity contribution in [2.45, 2.75) is 50.0 Å². The minimum atomic E-state index is -3.39. The molecule has 1 fully saturated rings. The lowest BCUT2D eigenvalue weighted by atomic mass is 10.1. The van der Waals surface area contributed by atoms with Crippen LogP contribution >= 0.6 is 0 Å². The topological polar surface area (TPSA) is 58.2 Å². The molecule has 5 heteroatoms. The molecule has 2 rings (SSSR count). The second kappa shape index (κ2) is 7.38. The van der Waals surface area contributed by atoms with E-state index in [-0.39, 0.29) is 6.04 Å². The van der Waals surface area contributed by atoms with E-state index < -0.39 is 10.0 Å². The Bertz CT molecular complexity index is 551. The third-order valence-electron chi connectivity index (χ3n) is 4.42. The number of benzene rings is 1. The number of nitrogens with one attached hydrogen (secondary N) is 2. The quantitative estimate of drug-likeness (QED) is 0.814. The molecular weight excluding hydrogens is 284 g/mol. The molecular formula is C16H26N2O2S. The maximum atomic E-state index is 12.3. The Morgan fingerprint density at radius 1 is 1.29 bits per heavy atom. The van der Waals surface area contributed by atoms with E-state index in [9.17, 15) is 8.42 Å². The second-order valence-electron chi connectivity index (χ2n) is 5.92. The van der Waals surface area contributed by atoms with Crippen LogP contribution in [-0.2, 0) is 10.0 Å². The van der Waals surface area contributed by atoms with Gasteiger partial charge in [0.25, 0.3) is 0 Å². The van der Waals surface area contributed by atoms with Gasteiger partial charge in [0.15, 0.2) is 0 Å². The maximum absolute atomic E-state index is 12.3. The van der Waals surface area contributed by atoms with Crippen molar-refractivity contribution in [2.24, 2.45) is 5.92 Å². The molecule has 0 saturated heterocycles. The average Bonchev–Trinajstić information content (AvgIpc) is 2.99. The molecule has 1 aromatic rings. The molecule has 2 N–H and O–H groups in total. The number of sulfonamides is 1. The van der Waals surface area contributed by atoms with E-state index in [0.717, 1.165) is 12.0 Å². The Kier molecular flexibility index (Phi) is 5.79. The number of rotatable bonds is 7. The Hall–Kier alpha value is -0.910. The van der Waals surface area contributed by atoms with Crippen LogP contribution in [-0.4, -0.2) is 22.0 Å². The standard InChI is InChI=1S/C16H26N2O2S/c1-13(17-2)15-8-5-9-16(12-15)21(19,20)18-11-10-14-6-3-4-7-14/h5,8-9,12-14,17-18H,3-4,6-7,10-11H2,1-2H3. The SMILES string of the molecule is CNC(C)c1cccc(S(=O)(=O)NCCC2CCCC2)c1. The highest BCUT2D eigenvalue weighted by Crippen LogP contribution is 2.27. The summed E-state index contributed by atoms with van der Waals surface area (Å²) in [4.78, 5) is 0.355. The van der Waals surface area contributed by atoms with Gasteiger partial charge in [-0.05, 0) is 44.0 Å². The molecule has 1 saturated carbocycles. The minimum Gasteiger partial charge on any atom is -0.313 e. The van der Waals surface area contributed by atoms with E-state index in [1.807, 2.05) is 20.0 Å². The highest BCUT2D eigenvalue weighted by molar-refractivity contribution is 7.89. The van der Waals surface area contributed by atoms with E-state index >= 15 is 0 Å². The molecule has 0 heterocycles. The molecule has 1 aliphatic rings. The van der Waals surface area contributed by atoms with E-state index in [0.29, 0.717) is 17.4 Å². The second-order valence-corrected chi connectivity index (χ2v) is 7.69. The number of hydrogen-bond donors (Lipinski definition) is 2. The zero-order valence-electron chi connectivity index (χ0n) is 12.9. The third kappa shape index (κ3) is 4.53. The summed E-state index contributed by atoms with van der Waals surface area (Å²) < 4.78 is 27.4. The Morgan fingerprint density at radius 2 is 2.00 bits per heavy atom. The fourth-order valence-corrected chi connectivity index (χ4v) is 4.00. The summed E-state index contributed by atoms with van der Waals surface area (Å²) >= 11 is 0. The zero-order chi connectivity index (χ0) is 15.3. The molecule has 1 unspecified atom stereocenters. The molecule has 1 aromatic carbocycles. The summed E-state index contributed by atoms with van der Waals surface area (Å²) in [5.41, 5.74) is 0.983. The van der Waals surface area contributed by atoms with Crippen molar-refractivity contribution in [3.8, 4) is 0 Å². The van der Waals surface area contributed by atoms with Gasteiger partial charge >= 0.3 is 0 Å². The van der Waals surface area contributed by atoms with Gasteiger partial charge in [-0.2, -0.15) is 0 Å². The first-order valence-corrected chi connectivity index (χ1v) is 9.28. The van der Waals surface area contributed by atoms with Gasteiger partial charge in [-0.1, -0.05) is 37.8 Å². The average molecular weight is 310 g/mol. The first kappa shape index (κ1) is 16.5. The normalized spacial score (nSPS) is 18.0. The van der Waals surface area contributed by atoms with Crippen LogP contribution in [0.1, 0.15) is 50.6 Å². The van der Waals surface area contributed by atoms with E-state index in [2.05, 4.69) is 10.0 Å². The van der Waals surface area contributed by atoms with Crippen molar-refractivity contribution in [1.29, 1.82) is 0 Å². The van der Waals surface area contributed by atoms with Crippen molar-refractivity contribution in [1.82, 2.24) is 10.0 Å². The van der Waals surface area contributed by atoms with Gasteiger partial charge in [0, 0.05) is 12.6 Å². The summed E-state index contributed by atoms with van der Waals surface area (Å²) in [5, 5.41) is 3.12. The molecule has 4 nitrogen and oxygen atoms in total. The van der Waals surface area contributed by atoms with E-state index in [1.54, 1.807) is 18.2 Å². The molecule has 0 aliphatic heterocycles. The summed E-state index contributed by atoms with van der Waals surface area (Å²) in [6.07, 6.45) is 6.03. The first-order valence-electron chi connectivity index (χ1n) is 7.80. The molecule has 1 atom stereocenters. The van der Waals surface area contributed by atoms with Crippen molar-refractivity contribution in [2.75, 3.05) is 13.6 Å². The van der Waals surface area contributed by atoms with Crippen molar-refractivity contribution < 1.29 is 8.42 Å². The Labute approximate surface area is 128 Å². The lowest BCUT2D eigenvalue weighted by Crippen LogP contribution is -2.26. The molecule has 21 heavy (non-hydrogen) atoms. The lowest BCUT2D eigenvalue weighted by Gasteiger charge is -2.13. The fraction of sp³-hybridized carbons (Fsp3) is 0.625. The van der Waals surface area contributed by atoms with Crippen LogP contribution in [0.3, 0.4) is 0 Å². The van der Waals surface area contributed by atoms with E-state index in [1.165, 1.54) is 25.7 Å². The minimum absolute atomic E-state index is 0.138. The smallest absolute Gasteiger partial charge is 0.240 e. The lowest BCUT2D eigenvalue weighted by molar-refractivity contribution is 0.495. The largest absolute Gasteiger partial charge is 0.313 e. The van der Waals surface area contributed by atoms with Crippen LogP contribution in [0.25, 0.3) is 0 Å². The summed E-state index contributed by atoms with van der Waals surface area (Å²) in [6, 6.07) is 7.29. The third-order valence-corrected chi connectivity index (χ3v) is 5.88. The van der Waals surface area contributed by atoms with Crippen LogP contribution in [0.5, 0.6) is 0 Å². The molecule has 118 valence electrons. The van der Waals surface area contributed by atoms with E-state index in [4.69, 9.17) is 0 Å².